The van der Waals surface area contributed by atoms with E-state index < -0.39 is 0 Å². The highest BCUT2D eigenvalue weighted by atomic mass is 35.5. The van der Waals surface area contributed by atoms with Crippen LogP contribution in [0.15, 0.2) is 18.2 Å². The molecule has 1 atom stereocenters. The number of halogens is 1. The van der Waals surface area contributed by atoms with Crippen LogP contribution >= 0.6 is 23.4 Å². The minimum Gasteiger partial charge on any atom is -0.310 e. The second-order valence-electron chi connectivity index (χ2n) is 4.23. The Morgan fingerprint density at radius 3 is 3.19 bits per heavy atom. The molecule has 0 saturated carbocycles. The van der Waals surface area contributed by atoms with Gasteiger partial charge in [0.05, 0.1) is 0 Å². The first-order valence-electron chi connectivity index (χ1n) is 5.82. The third-order valence-electron chi connectivity index (χ3n) is 3.10. The molecule has 0 saturated heterocycles. The molecule has 1 unspecified atom stereocenters. The molecule has 0 fully saturated rings. The highest BCUT2D eigenvalue weighted by Crippen LogP contribution is 2.32. The molecule has 88 valence electrons. The van der Waals surface area contributed by atoms with E-state index in [0.717, 1.165) is 11.6 Å². The van der Waals surface area contributed by atoms with Gasteiger partial charge in [0.2, 0.25) is 0 Å². The minimum atomic E-state index is 0.524. The smallest absolute Gasteiger partial charge is 0.0409 e. The number of rotatable bonds is 5. The highest BCUT2D eigenvalue weighted by Gasteiger charge is 2.21. The lowest BCUT2D eigenvalue weighted by molar-refractivity contribution is 0.530. The Bertz CT molecular complexity index is 354. The summed E-state index contributed by atoms with van der Waals surface area (Å²) < 4.78 is 0. The molecule has 1 aliphatic carbocycles. The molecular weight excluding hydrogens is 238 g/mol. The molecule has 0 bridgehead atoms. The average molecular weight is 256 g/mol. The van der Waals surface area contributed by atoms with Gasteiger partial charge >= 0.3 is 0 Å². The first-order valence-corrected chi connectivity index (χ1v) is 7.59. The topological polar surface area (TPSA) is 12.0 Å². The Morgan fingerprint density at radius 2 is 2.38 bits per heavy atom. The van der Waals surface area contributed by atoms with Crippen LogP contribution in [-0.4, -0.2) is 18.6 Å². The van der Waals surface area contributed by atoms with Crippen LogP contribution in [0.1, 0.15) is 30.0 Å². The summed E-state index contributed by atoms with van der Waals surface area (Å²) in [6.07, 6.45) is 5.81. The normalized spacial score (nSPS) is 18.8. The monoisotopic (exact) mass is 255 g/mol. The first-order chi connectivity index (χ1) is 7.81. The van der Waals surface area contributed by atoms with Crippen LogP contribution < -0.4 is 5.32 Å². The molecule has 0 spiro atoms. The van der Waals surface area contributed by atoms with Crippen molar-refractivity contribution in [3.8, 4) is 0 Å². The van der Waals surface area contributed by atoms with E-state index in [4.69, 9.17) is 11.6 Å². The van der Waals surface area contributed by atoms with Crippen molar-refractivity contribution in [2.45, 2.75) is 25.3 Å². The molecule has 2 rings (SSSR count). The van der Waals surface area contributed by atoms with Gasteiger partial charge in [-0.25, -0.2) is 0 Å². The third-order valence-corrected chi connectivity index (χ3v) is 4.03. The van der Waals surface area contributed by atoms with Gasteiger partial charge in [-0.2, -0.15) is 11.8 Å². The maximum absolute atomic E-state index is 6.04. The zero-order valence-electron chi connectivity index (χ0n) is 9.63. The van der Waals surface area contributed by atoms with Crippen LogP contribution in [0.5, 0.6) is 0 Å². The van der Waals surface area contributed by atoms with Crippen molar-refractivity contribution in [2.24, 2.45) is 0 Å². The van der Waals surface area contributed by atoms with Gasteiger partial charge < -0.3 is 5.32 Å². The fourth-order valence-electron chi connectivity index (χ4n) is 2.28. The highest BCUT2D eigenvalue weighted by molar-refractivity contribution is 7.98. The number of hydrogen-bond donors (Lipinski definition) is 1. The number of fused-ring (bicyclic) bond motifs is 1. The summed E-state index contributed by atoms with van der Waals surface area (Å²) in [5.74, 6) is 1.24. The van der Waals surface area contributed by atoms with Crippen LogP contribution in [-0.2, 0) is 6.42 Å². The van der Waals surface area contributed by atoms with Crippen molar-refractivity contribution in [2.75, 3.05) is 18.6 Å². The molecule has 0 amide bonds. The van der Waals surface area contributed by atoms with Crippen molar-refractivity contribution in [3.05, 3.63) is 34.3 Å². The molecule has 16 heavy (non-hydrogen) atoms. The van der Waals surface area contributed by atoms with Crippen LogP contribution in [0.25, 0.3) is 0 Å². The van der Waals surface area contributed by atoms with Gasteiger partial charge in [0.1, 0.15) is 0 Å². The van der Waals surface area contributed by atoms with E-state index in [1.165, 1.54) is 36.1 Å². The quantitative estimate of drug-likeness (QED) is 0.806. The largest absolute Gasteiger partial charge is 0.310 e. The summed E-state index contributed by atoms with van der Waals surface area (Å²) in [4.78, 5) is 0. The fraction of sp³-hybridized carbons (Fsp3) is 0.538. The van der Waals surface area contributed by atoms with Crippen molar-refractivity contribution < 1.29 is 0 Å². The molecule has 1 aliphatic rings. The molecular formula is C13H18ClNS. The van der Waals surface area contributed by atoms with Crippen LogP contribution in [0.3, 0.4) is 0 Å². The standard InChI is InChI=1S/C13H18ClNS/c1-16-8-2-7-15-13-6-4-10-3-5-11(14)9-12(10)13/h3,5,9,13,15H,2,4,6-8H2,1H3. The van der Waals surface area contributed by atoms with Crippen molar-refractivity contribution in [1.29, 1.82) is 0 Å². The van der Waals surface area contributed by atoms with Gasteiger partial charge in [0.25, 0.3) is 0 Å². The zero-order chi connectivity index (χ0) is 11.4. The van der Waals surface area contributed by atoms with Crippen LogP contribution in [0.4, 0.5) is 0 Å². The van der Waals surface area contributed by atoms with Gasteiger partial charge in [-0.3, -0.25) is 0 Å². The Labute approximate surface area is 107 Å². The van der Waals surface area contributed by atoms with Crippen LogP contribution in [0.2, 0.25) is 5.02 Å². The summed E-state index contributed by atoms with van der Waals surface area (Å²) in [5.41, 5.74) is 2.88. The fourth-order valence-corrected chi connectivity index (χ4v) is 2.89. The average Bonchev–Trinajstić information content (AvgIpc) is 2.67. The summed E-state index contributed by atoms with van der Waals surface area (Å²) in [5, 5.41) is 4.49. The van der Waals surface area contributed by atoms with Gasteiger partial charge in [-0.05, 0) is 61.1 Å². The van der Waals surface area contributed by atoms with E-state index in [1.54, 1.807) is 0 Å². The number of nitrogens with one attached hydrogen (secondary N) is 1. The molecule has 1 nitrogen and oxygen atoms in total. The molecule has 0 aromatic heterocycles. The SMILES string of the molecule is CSCCCNC1CCc2ccc(Cl)cc21. The maximum atomic E-state index is 6.04. The van der Waals surface area contributed by atoms with Crippen LogP contribution in [0, 0.1) is 0 Å². The van der Waals surface area contributed by atoms with Gasteiger partial charge in [0.15, 0.2) is 0 Å². The van der Waals surface area contributed by atoms with E-state index in [-0.39, 0.29) is 0 Å². The predicted molar refractivity (Wildman–Crippen MR) is 73.5 cm³/mol. The minimum absolute atomic E-state index is 0.524. The number of thioether (sulfide) groups is 1. The number of benzene rings is 1. The predicted octanol–water partition coefficient (Wildman–Crippen LogP) is 3.67. The van der Waals surface area contributed by atoms with E-state index >= 15 is 0 Å². The van der Waals surface area contributed by atoms with Crippen molar-refractivity contribution in [1.82, 2.24) is 5.32 Å². The third kappa shape index (κ3) is 2.93. The van der Waals surface area contributed by atoms with Gasteiger partial charge in [0, 0.05) is 11.1 Å². The molecule has 0 radical (unpaired) electrons. The van der Waals surface area contributed by atoms with E-state index in [1.807, 2.05) is 17.8 Å². The summed E-state index contributed by atoms with van der Waals surface area (Å²) in [6, 6.07) is 6.81. The Hall–Kier alpha value is -0.180. The lowest BCUT2D eigenvalue weighted by atomic mass is 10.1. The Morgan fingerprint density at radius 1 is 1.50 bits per heavy atom. The molecule has 1 N–H and O–H groups in total. The number of hydrogen-bond acceptors (Lipinski definition) is 2. The van der Waals surface area contributed by atoms with Crippen molar-refractivity contribution >= 4 is 23.4 Å². The van der Waals surface area contributed by atoms with E-state index in [2.05, 4.69) is 23.7 Å². The first kappa shape index (κ1) is 12.3. The molecule has 0 aliphatic heterocycles. The summed E-state index contributed by atoms with van der Waals surface area (Å²) in [6.45, 7) is 1.11. The number of aryl methyl sites for hydroxylation is 1. The van der Waals surface area contributed by atoms with Crippen molar-refractivity contribution in [3.63, 3.8) is 0 Å². The summed E-state index contributed by atoms with van der Waals surface area (Å²) >= 11 is 7.95. The van der Waals surface area contributed by atoms with E-state index in [0.29, 0.717) is 6.04 Å². The van der Waals surface area contributed by atoms with Gasteiger partial charge in [-0.1, -0.05) is 17.7 Å². The molecule has 3 heteroatoms. The Kier molecular flexibility index (Phi) is 4.56. The lowest BCUT2D eigenvalue weighted by Gasteiger charge is -2.13. The lowest BCUT2D eigenvalue weighted by Crippen LogP contribution is -2.20. The van der Waals surface area contributed by atoms with Gasteiger partial charge in [-0.15, -0.1) is 0 Å². The second-order valence-corrected chi connectivity index (χ2v) is 5.66. The molecule has 0 heterocycles. The summed E-state index contributed by atoms with van der Waals surface area (Å²) in [7, 11) is 0. The second kappa shape index (κ2) is 5.95. The van der Waals surface area contributed by atoms with E-state index in [9.17, 15) is 0 Å². The molecule has 1 aromatic carbocycles. The zero-order valence-corrected chi connectivity index (χ0v) is 11.2. The molecule has 1 aromatic rings. The Balaban J connectivity index is 1.92. The maximum Gasteiger partial charge on any atom is 0.0409 e.